The van der Waals surface area contributed by atoms with Gasteiger partial charge in [-0.25, -0.2) is 0 Å². The Labute approximate surface area is 129 Å². The number of methoxy groups -OCH3 is 1. The number of thiocarbonyl (C=S) groups is 1. The molecule has 21 heavy (non-hydrogen) atoms. The van der Waals surface area contributed by atoms with Crippen molar-refractivity contribution in [3.63, 3.8) is 0 Å². The third-order valence-corrected chi connectivity index (χ3v) is 4.63. The minimum atomic E-state index is -3.62. The summed E-state index contributed by atoms with van der Waals surface area (Å²) >= 11 is 4.89. The van der Waals surface area contributed by atoms with E-state index in [1.807, 2.05) is 4.90 Å². The molecule has 1 aromatic rings. The van der Waals surface area contributed by atoms with E-state index in [1.54, 1.807) is 31.4 Å². The quantitative estimate of drug-likeness (QED) is 0.777. The van der Waals surface area contributed by atoms with Crippen molar-refractivity contribution < 1.29 is 13.2 Å². The summed E-state index contributed by atoms with van der Waals surface area (Å²) in [6, 6.07) is 6.78. The number of nitrogens with zero attached hydrogens (tertiary/aromatic N) is 2. The molecule has 1 aliphatic rings. The molecule has 0 unspecified atom stereocenters. The fourth-order valence-corrected chi connectivity index (χ4v) is 3.41. The van der Waals surface area contributed by atoms with Crippen molar-refractivity contribution >= 4 is 33.1 Å². The maximum atomic E-state index is 12.1. The van der Waals surface area contributed by atoms with Crippen LogP contribution in [-0.4, -0.2) is 50.9 Å². The molecule has 0 aliphatic carbocycles. The Balaban J connectivity index is 2.33. The highest BCUT2D eigenvalue weighted by Crippen LogP contribution is 2.27. The first-order chi connectivity index (χ1) is 9.95. The summed E-state index contributed by atoms with van der Waals surface area (Å²) in [7, 11) is -2.03. The molecule has 1 heterocycles. The maximum absolute atomic E-state index is 12.1. The number of hydrogen-bond donors (Lipinski definition) is 1. The van der Waals surface area contributed by atoms with Gasteiger partial charge >= 0.3 is 0 Å². The van der Waals surface area contributed by atoms with Crippen LogP contribution in [0, 0.1) is 0 Å². The molecule has 2 rings (SSSR count). The van der Waals surface area contributed by atoms with E-state index in [-0.39, 0.29) is 4.90 Å². The summed E-state index contributed by atoms with van der Waals surface area (Å²) in [5.74, 6) is 0.430. The van der Waals surface area contributed by atoms with Gasteiger partial charge in [0.05, 0.1) is 11.6 Å². The third-order valence-electron chi connectivity index (χ3n) is 3.11. The van der Waals surface area contributed by atoms with Crippen molar-refractivity contribution in [2.45, 2.75) is 11.3 Å². The predicted molar refractivity (Wildman–Crippen MR) is 85.0 cm³/mol. The Morgan fingerprint density at radius 1 is 1.38 bits per heavy atom. The van der Waals surface area contributed by atoms with E-state index in [0.29, 0.717) is 42.5 Å². The second-order valence-electron chi connectivity index (χ2n) is 4.58. The summed E-state index contributed by atoms with van der Waals surface area (Å²) in [6.07, 6.45) is 0.486. The van der Waals surface area contributed by atoms with Crippen LogP contribution in [0.15, 0.2) is 33.6 Å². The van der Waals surface area contributed by atoms with Gasteiger partial charge in [-0.3, -0.25) is 0 Å². The summed E-state index contributed by atoms with van der Waals surface area (Å²) < 4.78 is 33.1. The molecule has 0 bridgehead atoms. The van der Waals surface area contributed by atoms with E-state index in [4.69, 9.17) is 22.7 Å². The number of fused-ring (bicyclic) bond motifs is 1. The molecule has 2 N–H and O–H groups in total. The van der Waals surface area contributed by atoms with Crippen molar-refractivity contribution in [2.24, 2.45) is 10.1 Å². The number of nitrogens with two attached hydrogens (primary N) is 1. The van der Waals surface area contributed by atoms with Crippen molar-refractivity contribution in [1.29, 1.82) is 0 Å². The Bertz CT molecular complexity index is 671. The van der Waals surface area contributed by atoms with Crippen LogP contribution < -0.4 is 5.73 Å². The standard InChI is InChI=1S/C13H17N3O3S2/c1-19-9-8-16(7-6-12(14)20)13-10-4-2-3-5-11(10)21(17,18)15-13/h2-5H,6-9H2,1H3,(H2,14,20). The topological polar surface area (TPSA) is 85.0 Å². The zero-order valence-electron chi connectivity index (χ0n) is 11.7. The van der Waals surface area contributed by atoms with E-state index in [2.05, 4.69) is 4.40 Å². The molecule has 114 valence electrons. The summed E-state index contributed by atoms with van der Waals surface area (Å²) in [5.41, 5.74) is 6.14. The fourth-order valence-electron chi connectivity index (χ4n) is 2.09. The first kappa shape index (κ1) is 15.9. The minimum Gasteiger partial charge on any atom is -0.393 e. The lowest BCUT2D eigenvalue weighted by molar-refractivity contribution is 0.177. The Morgan fingerprint density at radius 2 is 2.10 bits per heavy atom. The minimum absolute atomic E-state index is 0.234. The molecule has 0 spiro atoms. The van der Waals surface area contributed by atoms with Crippen LogP contribution >= 0.6 is 12.2 Å². The van der Waals surface area contributed by atoms with Crippen LogP contribution in [0.25, 0.3) is 0 Å². The molecule has 0 saturated heterocycles. The Hall–Kier alpha value is -1.51. The molecule has 0 radical (unpaired) electrons. The molecule has 0 atom stereocenters. The van der Waals surface area contributed by atoms with Crippen LogP contribution in [0.2, 0.25) is 0 Å². The summed E-state index contributed by atoms with van der Waals surface area (Å²) in [6.45, 7) is 1.47. The molecule has 8 heteroatoms. The number of rotatable bonds is 6. The van der Waals surface area contributed by atoms with Gasteiger partial charge in [0.1, 0.15) is 4.90 Å². The van der Waals surface area contributed by atoms with Crippen LogP contribution in [0.3, 0.4) is 0 Å². The van der Waals surface area contributed by atoms with E-state index < -0.39 is 10.0 Å². The highest BCUT2D eigenvalue weighted by atomic mass is 32.2. The zero-order valence-corrected chi connectivity index (χ0v) is 13.3. The summed E-state index contributed by atoms with van der Waals surface area (Å²) in [4.78, 5) is 2.45. The van der Waals surface area contributed by atoms with Crippen LogP contribution in [0.4, 0.5) is 0 Å². The predicted octanol–water partition coefficient (Wildman–Crippen LogP) is 0.760. The smallest absolute Gasteiger partial charge is 0.285 e. The van der Waals surface area contributed by atoms with Gasteiger partial charge in [0, 0.05) is 32.2 Å². The van der Waals surface area contributed by atoms with Gasteiger partial charge in [0.15, 0.2) is 5.84 Å². The Morgan fingerprint density at radius 3 is 2.76 bits per heavy atom. The largest absolute Gasteiger partial charge is 0.393 e. The number of amidine groups is 1. The van der Waals surface area contributed by atoms with Gasteiger partial charge in [0.2, 0.25) is 0 Å². The highest BCUT2D eigenvalue weighted by Gasteiger charge is 2.31. The molecule has 0 fully saturated rings. The number of hydrogen-bond acceptors (Lipinski definition) is 5. The molecular formula is C13H17N3O3S2. The number of ether oxygens (including phenoxy) is 1. The van der Waals surface area contributed by atoms with Gasteiger partial charge in [0.25, 0.3) is 10.0 Å². The molecular weight excluding hydrogens is 310 g/mol. The first-order valence-electron chi connectivity index (χ1n) is 6.42. The lowest BCUT2D eigenvalue weighted by Gasteiger charge is -2.24. The molecule has 0 amide bonds. The fraction of sp³-hybridized carbons (Fsp3) is 0.385. The average molecular weight is 327 g/mol. The van der Waals surface area contributed by atoms with Gasteiger partial charge < -0.3 is 15.4 Å². The van der Waals surface area contributed by atoms with E-state index in [1.165, 1.54) is 0 Å². The lowest BCUT2D eigenvalue weighted by atomic mass is 10.2. The van der Waals surface area contributed by atoms with Crippen molar-refractivity contribution in [3.05, 3.63) is 29.8 Å². The van der Waals surface area contributed by atoms with Gasteiger partial charge in [-0.2, -0.15) is 8.42 Å². The molecule has 0 aromatic heterocycles. The van der Waals surface area contributed by atoms with Crippen molar-refractivity contribution in [3.8, 4) is 0 Å². The molecule has 1 aliphatic heterocycles. The van der Waals surface area contributed by atoms with Crippen LogP contribution in [0.5, 0.6) is 0 Å². The van der Waals surface area contributed by atoms with Gasteiger partial charge in [-0.1, -0.05) is 24.4 Å². The van der Waals surface area contributed by atoms with Crippen LogP contribution in [-0.2, 0) is 14.8 Å². The average Bonchev–Trinajstić information content (AvgIpc) is 2.71. The second kappa shape index (κ2) is 6.50. The second-order valence-corrected chi connectivity index (χ2v) is 6.68. The van der Waals surface area contributed by atoms with E-state index in [0.717, 1.165) is 0 Å². The van der Waals surface area contributed by atoms with Crippen molar-refractivity contribution in [2.75, 3.05) is 26.8 Å². The first-order valence-corrected chi connectivity index (χ1v) is 8.27. The highest BCUT2D eigenvalue weighted by molar-refractivity contribution is 7.90. The summed E-state index contributed by atoms with van der Waals surface area (Å²) in [5, 5.41) is 0. The number of sulfonamides is 1. The molecule has 6 nitrogen and oxygen atoms in total. The third kappa shape index (κ3) is 3.58. The van der Waals surface area contributed by atoms with Crippen LogP contribution in [0.1, 0.15) is 12.0 Å². The molecule has 0 saturated carbocycles. The number of benzene rings is 1. The van der Waals surface area contributed by atoms with E-state index >= 15 is 0 Å². The van der Waals surface area contributed by atoms with E-state index in [9.17, 15) is 8.42 Å². The lowest BCUT2D eigenvalue weighted by Crippen LogP contribution is -2.36. The normalized spacial score (nSPS) is 15.4. The zero-order chi connectivity index (χ0) is 15.5. The molecule has 1 aromatic carbocycles. The SMILES string of the molecule is COCCN(CCC(N)=S)C1=NS(=O)(=O)c2ccccc21. The van der Waals surface area contributed by atoms with Crippen molar-refractivity contribution in [1.82, 2.24) is 4.90 Å². The monoisotopic (exact) mass is 327 g/mol. The van der Waals surface area contributed by atoms with Gasteiger partial charge in [-0.05, 0) is 12.1 Å². The maximum Gasteiger partial charge on any atom is 0.285 e. The Kier molecular flexibility index (Phi) is 4.92. The van der Waals surface area contributed by atoms with Gasteiger partial charge in [-0.15, -0.1) is 4.40 Å².